The second-order valence-corrected chi connectivity index (χ2v) is 6.48. The first-order valence-electron chi connectivity index (χ1n) is 7.74. The van der Waals surface area contributed by atoms with Crippen LogP contribution in [0.5, 0.6) is 5.75 Å². The van der Waals surface area contributed by atoms with Gasteiger partial charge < -0.3 is 10.1 Å². The molecule has 122 valence electrons. The number of anilines is 1. The number of nitrogens with one attached hydrogen (secondary N) is 1. The number of hydrogen-bond donors (Lipinski definition) is 1. The van der Waals surface area contributed by atoms with Crippen LogP contribution in [0.1, 0.15) is 23.6 Å². The number of rotatable bonds is 7. The standard InChI is InChI=1S/C19H23NO2S/c1-4-22-18-7-5-6-17(11-18)20-19(21)13-23-12-16-9-14(2)8-15(3)10-16/h5-11H,4,12-13H2,1-3H3,(H,20,21). The van der Waals surface area contributed by atoms with E-state index >= 15 is 0 Å². The van der Waals surface area contributed by atoms with Crippen LogP contribution >= 0.6 is 11.8 Å². The summed E-state index contributed by atoms with van der Waals surface area (Å²) < 4.78 is 5.43. The van der Waals surface area contributed by atoms with Gasteiger partial charge in [0.15, 0.2) is 0 Å². The van der Waals surface area contributed by atoms with Gasteiger partial charge in [0.05, 0.1) is 12.4 Å². The summed E-state index contributed by atoms with van der Waals surface area (Å²) in [7, 11) is 0. The van der Waals surface area contributed by atoms with Gasteiger partial charge in [-0.05, 0) is 38.5 Å². The number of amides is 1. The maximum atomic E-state index is 12.0. The van der Waals surface area contributed by atoms with Gasteiger partial charge in [-0.25, -0.2) is 0 Å². The van der Waals surface area contributed by atoms with Crippen molar-refractivity contribution >= 4 is 23.4 Å². The van der Waals surface area contributed by atoms with Crippen LogP contribution in [0.4, 0.5) is 5.69 Å². The van der Waals surface area contributed by atoms with Gasteiger partial charge in [0.2, 0.25) is 5.91 Å². The molecule has 23 heavy (non-hydrogen) atoms. The van der Waals surface area contributed by atoms with Crippen molar-refractivity contribution in [2.45, 2.75) is 26.5 Å². The minimum absolute atomic E-state index is 0.00743. The van der Waals surface area contributed by atoms with Crippen molar-refractivity contribution in [2.75, 3.05) is 17.7 Å². The molecule has 3 nitrogen and oxygen atoms in total. The Kier molecular flexibility index (Phi) is 6.53. The third-order valence-corrected chi connectivity index (χ3v) is 4.22. The average Bonchev–Trinajstić information content (AvgIpc) is 2.47. The zero-order valence-corrected chi connectivity index (χ0v) is 14.7. The number of aryl methyl sites for hydroxylation is 2. The van der Waals surface area contributed by atoms with E-state index in [-0.39, 0.29) is 5.91 Å². The van der Waals surface area contributed by atoms with E-state index < -0.39 is 0 Å². The highest BCUT2D eigenvalue weighted by atomic mass is 32.2. The molecule has 0 bridgehead atoms. The highest BCUT2D eigenvalue weighted by molar-refractivity contribution is 7.99. The molecule has 0 unspecified atom stereocenters. The van der Waals surface area contributed by atoms with Crippen molar-refractivity contribution in [3.63, 3.8) is 0 Å². The summed E-state index contributed by atoms with van der Waals surface area (Å²) >= 11 is 1.62. The third kappa shape index (κ3) is 5.99. The van der Waals surface area contributed by atoms with Crippen LogP contribution in [0, 0.1) is 13.8 Å². The number of thioether (sulfide) groups is 1. The predicted molar refractivity (Wildman–Crippen MR) is 98.3 cm³/mol. The van der Waals surface area contributed by atoms with E-state index in [0.29, 0.717) is 12.4 Å². The molecular formula is C19H23NO2S. The molecule has 1 amide bonds. The Hall–Kier alpha value is -1.94. The molecule has 0 spiro atoms. The van der Waals surface area contributed by atoms with Gasteiger partial charge in [-0.2, -0.15) is 0 Å². The second-order valence-electron chi connectivity index (χ2n) is 5.50. The van der Waals surface area contributed by atoms with Crippen molar-refractivity contribution < 1.29 is 9.53 Å². The maximum Gasteiger partial charge on any atom is 0.234 e. The lowest BCUT2D eigenvalue weighted by Gasteiger charge is -2.08. The molecule has 0 saturated carbocycles. The van der Waals surface area contributed by atoms with Crippen LogP contribution in [0.15, 0.2) is 42.5 Å². The van der Waals surface area contributed by atoms with Crippen molar-refractivity contribution in [1.82, 2.24) is 0 Å². The number of ether oxygens (including phenoxy) is 1. The SMILES string of the molecule is CCOc1cccc(NC(=O)CSCc2cc(C)cc(C)c2)c1. The summed E-state index contributed by atoms with van der Waals surface area (Å²) in [6.07, 6.45) is 0. The van der Waals surface area contributed by atoms with Gasteiger partial charge >= 0.3 is 0 Å². The molecule has 0 fully saturated rings. The first kappa shape index (κ1) is 17.4. The van der Waals surface area contributed by atoms with Gasteiger partial charge in [-0.3, -0.25) is 4.79 Å². The van der Waals surface area contributed by atoms with E-state index in [1.165, 1.54) is 16.7 Å². The first-order valence-corrected chi connectivity index (χ1v) is 8.90. The van der Waals surface area contributed by atoms with Crippen LogP contribution in [0.25, 0.3) is 0 Å². The van der Waals surface area contributed by atoms with Gasteiger partial charge in [0.25, 0.3) is 0 Å². The fourth-order valence-electron chi connectivity index (χ4n) is 2.44. The topological polar surface area (TPSA) is 38.3 Å². The molecule has 1 N–H and O–H groups in total. The van der Waals surface area contributed by atoms with Crippen molar-refractivity contribution in [3.8, 4) is 5.75 Å². The summed E-state index contributed by atoms with van der Waals surface area (Å²) in [5, 5.41) is 2.91. The Bertz CT molecular complexity index is 650. The summed E-state index contributed by atoms with van der Waals surface area (Å²) in [6.45, 7) is 6.75. The molecule has 0 atom stereocenters. The zero-order chi connectivity index (χ0) is 16.7. The fourth-order valence-corrected chi connectivity index (χ4v) is 3.20. The van der Waals surface area contributed by atoms with Gasteiger partial charge in [-0.15, -0.1) is 11.8 Å². The van der Waals surface area contributed by atoms with E-state index in [4.69, 9.17) is 4.74 Å². The third-order valence-electron chi connectivity index (χ3n) is 3.21. The normalized spacial score (nSPS) is 10.4. The Morgan fingerprint density at radius 2 is 1.87 bits per heavy atom. The minimum Gasteiger partial charge on any atom is -0.494 e. The smallest absolute Gasteiger partial charge is 0.234 e. The first-order chi connectivity index (χ1) is 11.1. The lowest BCUT2D eigenvalue weighted by atomic mass is 10.1. The van der Waals surface area contributed by atoms with Crippen LogP contribution < -0.4 is 10.1 Å². The molecule has 0 aliphatic rings. The van der Waals surface area contributed by atoms with E-state index in [0.717, 1.165) is 17.2 Å². The Morgan fingerprint density at radius 3 is 2.57 bits per heavy atom. The van der Waals surface area contributed by atoms with Crippen molar-refractivity contribution in [2.24, 2.45) is 0 Å². The molecule has 2 aromatic carbocycles. The van der Waals surface area contributed by atoms with E-state index in [1.54, 1.807) is 11.8 Å². The Balaban J connectivity index is 1.82. The van der Waals surface area contributed by atoms with Gasteiger partial charge in [0.1, 0.15) is 5.75 Å². The highest BCUT2D eigenvalue weighted by Crippen LogP contribution is 2.19. The minimum atomic E-state index is 0.00743. The molecule has 0 saturated heterocycles. The van der Waals surface area contributed by atoms with Crippen LogP contribution in [0.2, 0.25) is 0 Å². The predicted octanol–water partition coefficient (Wildman–Crippen LogP) is 4.57. The van der Waals surface area contributed by atoms with E-state index in [1.807, 2.05) is 31.2 Å². The van der Waals surface area contributed by atoms with Crippen LogP contribution in [-0.4, -0.2) is 18.3 Å². The quantitative estimate of drug-likeness (QED) is 0.808. The molecule has 4 heteroatoms. The number of benzene rings is 2. The van der Waals surface area contributed by atoms with Crippen LogP contribution in [-0.2, 0) is 10.5 Å². The van der Waals surface area contributed by atoms with Crippen molar-refractivity contribution in [3.05, 3.63) is 59.2 Å². The average molecular weight is 329 g/mol. The zero-order valence-electron chi connectivity index (χ0n) is 13.9. The van der Waals surface area contributed by atoms with E-state index in [9.17, 15) is 4.79 Å². The Labute approximate surface area is 142 Å². The largest absolute Gasteiger partial charge is 0.494 e. The monoisotopic (exact) mass is 329 g/mol. The summed E-state index contributed by atoms with van der Waals surface area (Å²) in [6, 6.07) is 14.0. The highest BCUT2D eigenvalue weighted by Gasteiger charge is 2.05. The molecule has 2 rings (SSSR count). The van der Waals surface area contributed by atoms with Crippen LogP contribution in [0.3, 0.4) is 0 Å². The number of hydrogen-bond acceptors (Lipinski definition) is 3. The lowest BCUT2D eigenvalue weighted by molar-refractivity contribution is -0.113. The summed E-state index contributed by atoms with van der Waals surface area (Å²) in [5.74, 6) is 2.06. The van der Waals surface area contributed by atoms with Gasteiger partial charge in [-0.1, -0.05) is 35.4 Å². The molecule has 0 radical (unpaired) electrons. The Morgan fingerprint density at radius 1 is 1.13 bits per heavy atom. The molecule has 2 aromatic rings. The second kappa shape index (κ2) is 8.63. The maximum absolute atomic E-state index is 12.0. The van der Waals surface area contributed by atoms with Gasteiger partial charge in [0, 0.05) is 17.5 Å². The molecular weight excluding hydrogens is 306 g/mol. The summed E-state index contributed by atoms with van der Waals surface area (Å²) in [4.78, 5) is 12.0. The number of carbonyl (C=O) groups is 1. The van der Waals surface area contributed by atoms with Crippen molar-refractivity contribution in [1.29, 1.82) is 0 Å². The fraction of sp³-hybridized carbons (Fsp3) is 0.316. The molecule has 0 aliphatic carbocycles. The van der Waals surface area contributed by atoms with E-state index in [2.05, 4.69) is 37.4 Å². The summed E-state index contributed by atoms with van der Waals surface area (Å²) in [5.41, 5.74) is 4.56. The lowest BCUT2D eigenvalue weighted by Crippen LogP contribution is -2.14. The molecule has 0 aromatic heterocycles. The molecule has 0 heterocycles. The number of carbonyl (C=O) groups excluding carboxylic acids is 1. The molecule has 0 aliphatic heterocycles.